The number of hydrogen-bond donors (Lipinski definition) is 6. The molecule has 1 unspecified atom stereocenters. The van der Waals surface area contributed by atoms with E-state index in [-0.39, 0.29) is 31.4 Å². The van der Waals surface area contributed by atoms with Gasteiger partial charge in [0.2, 0.25) is 0 Å². The molecule has 51 heavy (non-hydrogen) atoms. The van der Waals surface area contributed by atoms with Crippen LogP contribution in [-0.2, 0) is 33.2 Å². The Balaban J connectivity index is 2.18. The smallest absolute Gasteiger partial charge is 0.311 e. The molecule has 14 heteroatoms. The summed E-state index contributed by atoms with van der Waals surface area (Å²) in [5.74, 6) is -3.57. The van der Waals surface area contributed by atoms with Gasteiger partial charge in [0.15, 0.2) is 12.6 Å². The van der Waals surface area contributed by atoms with Crippen molar-refractivity contribution in [2.24, 2.45) is 29.4 Å². The zero-order valence-electron chi connectivity index (χ0n) is 33.2. The first kappa shape index (κ1) is 44.4. The van der Waals surface area contributed by atoms with E-state index in [2.05, 4.69) is 0 Å². The van der Waals surface area contributed by atoms with Gasteiger partial charge in [-0.25, -0.2) is 0 Å². The van der Waals surface area contributed by atoms with Crippen LogP contribution in [0.15, 0.2) is 0 Å². The van der Waals surface area contributed by atoms with Gasteiger partial charge in [-0.15, -0.1) is 0 Å². The number of nitrogens with two attached hydrogens (primary N) is 1. The Hall–Kier alpha value is -1.01. The van der Waals surface area contributed by atoms with Crippen LogP contribution in [-0.4, -0.2) is 148 Å². The molecule has 0 saturated carbocycles. The molecule has 0 aromatic heterocycles. The summed E-state index contributed by atoms with van der Waals surface area (Å²) in [4.78, 5) is 16.0. The molecular weight excluding hydrogens is 664 g/mol. The quantitative estimate of drug-likeness (QED) is 0.206. The van der Waals surface area contributed by atoms with Crippen LogP contribution in [0.5, 0.6) is 0 Å². The van der Waals surface area contributed by atoms with Crippen LogP contribution >= 0.6 is 0 Å². The first-order valence-corrected chi connectivity index (χ1v) is 18.7. The predicted molar refractivity (Wildman–Crippen MR) is 189 cm³/mol. The molecule has 3 fully saturated rings. The van der Waals surface area contributed by atoms with E-state index in [1.165, 1.54) is 14.0 Å². The van der Waals surface area contributed by atoms with Crippen molar-refractivity contribution >= 4 is 5.97 Å². The average Bonchev–Trinajstić information content (AvgIpc) is 3.05. The van der Waals surface area contributed by atoms with Crippen LogP contribution in [0, 0.1) is 23.7 Å². The van der Waals surface area contributed by atoms with Gasteiger partial charge in [-0.05, 0) is 80.8 Å². The first-order chi connectivity index (χ1) is 23.4. The van der Waals surface area contributed by atoms with Gasteiger partial charge in [-0.3, -0.25) is 4.79 Å². The Morgan fingerprint density at radius 1 is 0.922 bits per heavy atom. The molecule has 3 rings (SSSR count). The highest BCUT2D eigenvalue weighted by atomic mass is 16.7. The zero-order chi connectivity index (χ0) is 39.0. The summed E-state index contributed by atoms with van der Waals surface area (Å²) >= 11 is 0. The Morgan fingerprint density at radius 3 is 2.08 bits per heavy atom. The van der Waals surface area contributed by atoms with Gasteiger partial charge in [0.25, 0.3) is 0 Å². The topological polar surface area (TPSA) is 203 Å². The molecule has 0 bridgehead atoms. The van der Waals surface area contributed by atoms with Crippen LogP contribution < -0.4 is 5.73 Å². The van der Waals surface area contributed by atoms with Crippen LogP contribution in [0.4, 0.5) is 0 Å². The number of carbonyl (C=O) groups excluding carboxylic acids is 1. The van der Waals surface area contributed by atoms with Crippen LogP contribution in [0.1, 0.15) is 94.9 Å². The monoisotopic (exact) mass is 734 g/mol. The van der Waals surface area contributed by atoms with Crippen molar-refractivity contribution in [1.29, 1.82) is 0 Å². The highest BCUT2D eigenvalue weighted by Gasteiger charge is 2.53. The number of nitrogens with zero attached hydrogens (tertiary/aromatic N) is 1. The minimum atomic E-state index is -1.85. The van der Waals surface area contributed by atoms with Crippen molar-refractivity contribution in [3.63, 3.8) is 0 Å². The number of likely N-dealkylation sites (N-methyl/N-ethyl adjacent to an activating group) is 1. The summed E-state index contributed by atoms with van der Waals surface area (Å²) in [5.41, 5.74) is 2.20. The number of hydrogen-bond acceptors (Lipinski definition) is 14. The summed E-state index contributed by atoms with van der Waals surface area (Å²) in [6.45, 7) is 17.2. The summed E-state index contributed by atoms with van der Waals surface area (Å²) < 4.78 is 37.3. The Morgan fingerprint density at radius 2 is 1.53 bits per heavy atom. The fourth-order valence-electron chi connectivity index (χ4n) is 8.63. The molecule has 3 heterocycles. The molecule has 0 spiro atoms. The number of carbonyl (C=O) groups is 1. The number of esters is 1. The van der Waals surface area contributed by atoms with Gasteiger partial charge in [0, 0.05) is 37.5 Å². The van der Waals surface area contributed by atoms with E-state index in [4.69, 9.17) is 34.2 Å². The molecular formula is C37H70N2O12. The van der Waals surface area contributed by atoms with Crippen molar-refractivity contribution in [2.75, 3.05) is 21.2 Å². The maximum absolute atomic E-state index is 14.1. The number of rotatable bonds is 7. The van der Waals surface area contributed by atoms with Crippen LogP contribution in [0.2, 0.25) is 0 Å². The summed E-state index contributed by atoms with van der Waals surface area (Å²) in [7, 11) is 5.24. The molecule has 14 nitrogen and oxygen atoms in total. The number of aliphatic hydroxyl groups is 5. The van der Waals surface area contributed by atoms with Gasteiger partial charge in [-0.1, -0.05) is 27.7 Å². The summed E-state index contributed by atoms with van der Waals surface area (Å²) in [6.07, 6.45) is -8.68. The third-order valence-electron chi connectivity index (χ3n) is 12.2. The van der Waals surface area contributed by atoms with Crippen molar-refractivity contribution in [3.8, 4) is 0 Å². The Labute approximate surface area is 305 Å². The van der Waals surface area contributed by atoms with E-state index in [0.29, 0.717) is 6.42 Å². The van der Waals surface area contributed by atoms with Crippen molar-refractivity contribution < 1.29 is 58.7 Å². The van der Waals surface area contributed by atoms with Crippen LogP contribution in [0.3, 0.4) is 0 Å². The fourth-order valence-corrected chi connectivity index (χ4v) is 8.63. The molecule has 3 saturated heterocycles. The van der Waals surface area contributed by atoms with E-state index in [1.54, 1.807) is 48.5 Å². The van der Waals surface area contributed by atoms with E-state index in [0.717, 1.165) is 0 Å². The second-order valence-corrected chi connectivity index (χ2v) is 16.8. The molecule has 0 radical (unpaired) electrons. The summed E-state index contributed by atoms with van der Waals surface area (Å²) in [5, 5.41) is 58.0. The number of ether oxygens (including phenoxy) is 6. The molecule has 0 aromatic rings. The highest BCUT2D eigenvalue weighted by Crippen LogP contribution is 2.41. The fraction of sp³-hybridized carbons (Fsp3) is 0.973. The van der Waals surface area contributed by atoms with Gasteiger partial charge < -0.3 is 64.6 Å². The van der Waals surface area contributed by atoms with Crippen molar-refractivity contribution in [2.45, 2.75) is 185 Å². The van der Waals surface area contributed by atoms with Gasteiger partial charge in [0.05, 0.1) is 47.6 Å². The van der Waals surface area contributed by atoms with E-state index < -0.39 is 108 Å². The lowest BCUT2D eigenvalue weighted by Gasteiger charge is -2.49. The lowest BCUT2D eigenvalue weighted by molar-refractivity contribution is -0.318. The SMILES string of the molecule is CCC1OC(=O)[C@H](C)[C@@H](O[C@H]2C[C@@](C)(OC)[C@@H](O)[C@H](C)O2)[C@H](C)[C@@H](O[C@@H]2O[C@H](C)C[C@H](N(C)C)[C@H]2O)[C@](C)(O)C[C@@H](C)[C@H](N)[C@H](C)[C@@H](O)[C@]1(C)O. The van der Waals surface area contributed by atoms with Gasteiger partial charge in [0.1, 0.15) is 23.9 Å². The van der Waals surface area contributed by atoms with Crippen molar-refractivity contribution in [1.82, 2.24) is 4.90 Å². The number of aliphatic hydroxyl groups excluding tert-OH is 3. The lowest BCUT2D eigenvalue weighted by atomic mass is 9.72. The van der Waals surface area contributed by atoms with E-state index >= 15 is 0 Å². The minimum absolute atomic E-state index is 0.0888. The highest BCUT2D eigenvalue weighted by molar-refractivity contribution is 5.73. The van der Waals surface area contributed by atoms with Crippen molar-refractivity contribution in [3.05, 3.63) is 0 Å². The molecule has 0 aromatic carbocycles. The third-order valence-corrected chi connectivity index (χ3v) is 12.2. The third kappa shape index (κ3) is 9.63. The maximum Gasteiger partial charge on any atom is 0.311 e. The normalized spacial score (nSPS) is 51.2. The van der Waals surface area contributed by atoms with Crippen LogP contribution in [0.25, 0.3) is 0 Å². The molecule has 7 N–H and O–H groups in total. The molecule has 0 amide bonds. The number of cyclic esters (lactones) is 1. The molecule has 19 atom stereocenters. The first-order valence-electron chi connectivity index (χ1n) is 18.7. The Bertz CT molecular complexity index is 1130. The lowest BCUT2D eigenvalue weighted by Crippen LogP contribution is -2.62. The Kier molecular flexibility index (Phi) is 15.0. The molecule has 3 aliphatic rings. The number of methoxy groups -OCH3 is 1. The second-order valence-electron chi connectivity index (χ2n) is 16.8. The molecule has 300 valence electrons. The standard InChI is InChI=1S/C37H70N2O12/c1-14-25-37(10,45)30(41)20(4)27(38)18(2)16-35(8,44)32(51-34-28(40)24(39(11)12)15-19(3)47-34)21(5)29(22(6)33(43)49-25)50-26-17-36(9,46-13)31(42)23(7)48-26/h18-32,34,40-42,44-45H,14-17,38H2,1-13H3/t18-,19-,20+,21+,22-,23+,24+,25?,26+,27+,28-,29+,30-,31+,32-,34+,35-,36-,37-/m1/s1. The predicted octanol–water partition coefficient (Wildman–Crippen LogP) is 1.54. The zero-order valence-corrected chi connectivity index (χ0v) is 33.2. The van der Waals surface area contributed by atoms with Gasteiger partial charge >= 0.3 is 5.97 Å². The van der Waals surface area contributed by atoms with E-state index in [9.17, 15) is 30.3 Å². The largest absolute Gasteiger partial charge is 0.459 e. The minimum Gasteiger partial charge on any atom is -0.459 e. The van der Waals surface area contributed by atoms with Gasteiger partial charge in [-0.2, -0.15) is 0 Å². The average molecular weight is 735 g/mol. The van der Waals surface area contributed by atoms with E-state index in [1.807, 2.05) is 32.8 Å². The second kappa shape index (κ2) is 17.2. The maximum atomic E-state index is 14.1. The summed E-state index contributed by atoms with van der Waals surface area (Å²) in [6, 6.07) is -0.983. The molecule has 3 aliphatic heterocycles. The molecule has 0 aliphatic carbocycles.